The molecule has 15 heavy (non-hydrogen) atoms. The summed E-state index contributed by atoms with van der Waals surface area (Å²) in [4.78, 5) is 2.45. The molecule has 1 heterocycles. The molecular formula is C13H27NO. The maximum Gasteiger partial charge on any atom is 0.0664 e. The zero-order chi connectivity index (χ0) is 11.1. The Labute approximate surface area is 94.7 Å². The third-order valence-corrected chi connectivity index (χ3v) is 3.58. The summed E-state index contributed by atoms with van der Waals surface area (Å²) < 4.78 is 0. The lowest BCUT2D eigenvalue weighted by atomic mass is 9.96. The quantitative estimate of drug-likeness (QED) is 0.759. The molecule has 0 bridgehead atoms. The van der Waals surface area contributed by atoms with E-state index in [4.69, 9.17) is 0 Å². The molecule has 0 amide bonds. The van der Waals surface area contributed by atoms with Crippen molar-refractivity contribution in [1.82, 2.24) is 4.90 Å². The molecule has 0 saturated carbocycles. The van der Waals surface area contributed by atoms with E-state index in [-0.39, 0.29) is 6.10 Å². The molecule has 1 aliphatic heterocycles. The predicted molar refractivity (Wildman–Crippen MR) is 65.0 cm³/mol. The van der Waals surface area contributed by atoms with Gasteiger partial charge in [0, 0.05) is 6.54 Å². The molecule has 0 aromatic rings. The maximum absolute atomic E-state index is 9.63. The normalized spacial score (nSPS) is 26.2. The summed E-state index contributed by atoms with van der Waals surface area (Å²) >= 11 is 0. The number of nitrogens with zero attached hydrogens (tertiary/aromatic N) is 1. The Bertz CT molecular complexity index is 161. The zero-order valence-electron chi connectivity index (χ0n) is 10.4. The fourth-order valence-corrected chi connectivity index (χ4v) is 2.53. The Balaban J connectivity index is 2.26. The lowest BCUT2D eigenvalue weighted by Gasteiger charge is -2.22. The number of hydrogen-bond acceptors (Lipinski definition) is 2. The number of aliphatic hydroxyl groups is 1. The first kappa shape index (κ1) is 13.0. The second kappa shape index (κ2) is 7.24. The van der Waals surface area contributed by atoms with Crippen LogP contribution in [0.2, 0.25) is 0 Å². The number of likely N-dealkylation sites (tertiary alicyclic amines) is 1. The van der Waals surface area contributed by atoms with Crippen molar-refractivity contribution in [1.29, 1.82) is 0 Å². The minimum atomic E-state index is -0.118. The van der Waals surface area contributed by atoms with Crippen molar-refractivity contribution in [2.24, 2.45) is 5.92 Å². The fourth-order valence-electron chi connectivity index (χ4n) is 2.53. The molecule has 0 spiro atoms. The van der Waals surface area contributed by atoms with E-state index in [0.717, 1.165) is 18.9 Å². The van der Waals surface area contributed by atoms with Gasteiger partial charge in [-0.25, -0.2) is 0 Å². The smallest absolute Gasteiger partial charge is 0.0664 e. The fraction of sp³-hybridized carbons (Fsp3) is 1.00. The Morgan fingerprint density at radius 2 is 2.07 bits per heavy atom. The summed E-state index contributed by atoms with van der Waals surface area (Å²) in [6.45, 7) is 7.61. The summed E-state index contributed by atoms with van der Waals surface area (Å²) in [5.41, 5.74) is 0. The molecule has 2 heteroatoms. The lowest BCUT2D eigenvalue weighted by Crippen LogP contribution is -2.33. The van der Waals surface area contributed by atoms with Crippen LogP contribution in [0.25, 0.3) is 0 Å². The average molecular weight is 213 g/mol. The number of hydrogen-bond donors (Lipinski definition) is 1. The van der Waals surface area contributed by atoms with Gasteiger partial charge in [-0.3, -0.25) is 0 Å². The van der Waals surface area contributed by atoms with E-state index >= 15 is 0 Å². The van der Waals surface area contributed by atoms with Crippen molar-refractivity contribution >= 4 is 0 Å². The van der Waals surface area contributed by atoms with Gasteiger partial charge in [0.2, 0.25) is 0 Å². The average Bonchev–Trinajstić information content (AvgIpc) is 2.45. The molecule has 0 aliphatic carbocycles. The van der Waals surface area contributed by atoms with Crippen LogP contribution in [0.4, 0.5) is 0 Å². The van der Waals surface area contributed by atoms with E-state index < -0.39 is 0 Å². The highest BCUT2D eigenvalue weighted by molar-refractivity contribution is 4.71. The van der Waals surface area contributed by atoms with Gasteiger partial charge < -0.3 is 10.0 Å². The van der Waals surface area contributed by atoms with Crippen LogP contribution >= 0.6 is 0 Å². The summed E-state index contributed by atoms with van der Waals surface area (Å²) in [5.74, 6) is 0.943. The summed E-state index contributed by atoms with van der Waals surface area (Å²) in [6, 6.07) is 0. The zero-order valence-corrected chi connectivity index (χ0v) is 10.4. The first-order valence-electron chi connectivity index (χ1n) is 6.66. The van der Waals surface area contributed by atoms with E-state index in [9.17, 15) is 5.11 Å². The van der Waals surface area contributed by atoms with Crippen LogP contribution in [-0.4, -0.2) is 35.7 Å². The van der Waals surface area contributed by atoms with E-state index in [0.29, 0.717) is 0 Å². The van der Waals surface area contributed by atoms with Crippen molar-refractivity contribution in [2.45, 2.75) is 58.5 Å². The van der Waals surface area contributed by atoms with E-state index in [1.807, 2.05) is 0 Å². The van der Waals surface area contributed by atoms with Crippen LogP contribution in [0.5, 0.6) is 0 Å². The summed E-state index contributed by atoms with van der Waals surface area (Å²) in [5, 5.41) is 9.63. The number of aliphatic hydroxyl groups excluding tert-OH is 1. The molecule has 1 saturated heterocycles. The Kier molecular flexibility index (Phi) is 6.26. The van der Waals surface area contributed by atoms with E-state index in [2.05, 4.69) is 18.7 Å². The Hall–Kier alpha value is -0.0800. The largest absolute Gasteiger partial charge is 0.392 e. The number of rotatable bonds is 5. The molecule has 0 aromatic heterocycles. The predicted octanol–water partition coefficient (Wildman–Crippen LogP) is 2.66. The van der Waals surface area contributed by atoms with Gasteiger partial charge >= 0.3 is 0 Å². The second-order valence-corrected chi connectivity index (χ2v) is 4.95. The molecule has 1 aliphatic rings. The molecule has 0 aromatic carbocycles. The van der Waals surface area contributed by atoms with Gasteiger partial charge in [-0.1, -0.05) is 26.7 Å². The highest BCUT2D eigenvalue weighted by Crippen LogP contribution is 2.21. The van der Waals surface area contributed by atoms with E-state index in [1.54, 1.807) is 0 Å². The molecule has 0 radical (unpaired) electrons. The summed E-state index contributed by atoms with van der Waals surface area (Å²) in [7, 11) is 0. The molecule has 1 fully saturated rings. The third kappa shape index (κ3) is 4.98. The molecular weight excluding hydrogens is 186 g/mol. The van der Waals surface area contributed by atoms with Crippen LogP contribution in [0.1, 0.15) is 52.4 Å². The monoisotopic (exact) mass is 213 g/mol. The minimum Gasteiger partial charge on any atom is -0.392 e. The van der Waals surface area contributed by atoms with Crippen molar-refractivity contribution in [3.63, 3.8) is 0 Å². The SMILES string of the molecule is CCCC1CCCN(CC(O)CC)CC1. The Morgan fingerprint density at radius 3 is 2.73 bits per heavy atom. The standard InChI is InChI=1S/C13H27NO/c1-3-6-12-7-5-9-14(10-8-12)11-13(15)4-2/h12-13,15H,3-11H2,1-2H3. The van der Waals surface area contributed by atoms with Gasteiger partial charge in [0.15, 0.2) is 0 Å². The van der Waals surface area contributed by atoms with Crippen LogP contribution in [-0.2, 0) is 0 Å². The minimum absolute atomic E-state index is 0.118. The van der Waals surface area contributed by atoms with Gasteiger partial charge in [-0.2, -0.15) is 0 Å². The van der Waals surface area contributed by atoms with Crippen LogP contribution in [0.3, 0.4) is 0 Å². The lowest BCUT2D eigenvalue weighted by molar-refractivity contribution is 0.110. The Morgan fingerprint density at radius 1 is 1.27 bits per heavy atom. The third-order valence-electron chi connectivity index (χ3n) is 3.58. The van der Waals surface area contributed by atoms with Crippen molar-refractivity contribution in [3.05, 3.63) is 0 Å². The topological polar surface area (TPSA) is 23.5 Å². The van der Waals surface area contributed by atoms with E-state index in [1.165, 1.54) is 45.2 Å². The van der Waals surface area contributed by atoms with Crippen molar-refractivity contribution in [2.75, 3.05) is 19.6 Å². The summed E-state index contributed by atoms with van der Waals surface area (Å²) in [6.07, 6.45) is 7.53. The molecule has 1 rings (SSSR count). The van der Waals surface area contributed by atoms with Crippen molar-refractivity contribution in [3.8, 4) is 0 Å². The van der Waals surface area contributed by atoms with Gasteiger partial charge in [0.05, 0.1) is 6.10 Å². The first-order valence-corrected chi connectivity index (χ1v) is 6.66. The molecule has 1 N–H and O–H groups in total. The van der Waals surface area contributed by atoms with Gasteiger partial charge in [0.1, 0.15) is 0 Å². The van der Waals surface area contributed by atoms with Crippen LogP contribution in [0, 0.1) is 5.92 Å². The van der Waals surface area contributed by atoms with Crippen molar-refractivity contribution < 1.29 is 5.11 Å². The highest BCUT2D eigenvalue weighted by Gasteiger charge is 2.17. The maximum atomic E-state index is 9.63. The van der Waals surface area contributed by atoms with Gasteiger partial charge in [-0.05, 0) is 44.7 Å². The van der Waals surface area contributed by atoms with Gasteiger partial charge in [0.25, 0.3) is 0 Å². The number of β-amino-alcohol motifs (C(OH)–C–C–N with tert-alkyl or cyclic N) is 1. The first-order chi connectivity index (χ1) is 7.26. The van der Waals surface area contributed by atoms with Gasteiger partial charge in [-0.15, -0.1) is 0 Å². The molecule has 2 nitrogen and oxygen atoms in total. The molecule has 2 unspecified atom stereocenters. The second-order valence-electron chi connectivity index (χ2n) is 4.95. The molecule has 2 atom stereocenters. The molecule has 90 valence electrons. The highest BCUT2D eigenvalue weighted by atomic mass is 16.3. The van der Waals surface area contributed by atoms with Crippen LogP contribution < -0.4 is 0 Å². The van der Waals surface area contributed by atoms with Crippen LogP contribution in [0.15, 0.2) is 0 Å².